The molecule has 1 heterocycles. The van der Waals surface area contributed by atoms with Gasteiger partial charge in [0.25, 0.3) is 5.91 Å². The smallest absolute Gasteiger partial charge is 0.325 e. The number of ether oxygens (including phenoxy) is 2. The summed E-state index contributed by atoms with van der Waals surface area (Å²) >= 11 is 6.07. The van der Waals surface area contributed by atoms with Gasteiger partial charge in [-0.2, -0.15) is 0 Å². The third kappa shape index (κ3) is 3.48. The quantitative estimate of drug-likeness (QED) is 0.729. The Morgan fingerprint density at radius 1 is 1.29 bits per heavy atom. The van der Waals surface area contributed by atoms with Crippen LogP contribution in [-0.4, -0.2) is 49.0 Å². The zero-order valence-electron chi connectivity index (χ0n) is 16.1. The lowest BCUT2D eigenvalue weighted by Crippen LogP contribution is -2.54. The van der Waals surface area contributed by atoms with Crippen LogP contribution in [0.15, 0.2) is 12.1 Å². The Morgan fingerprint density at radius 3 is 2.64 bits per heavy atom. The summed E-state index contributed by atoms with van der Waals surface area (Å²) in [5, 5.41) is 5.82. The molecular weight excluding hydrogens is 386 g/mol. The Hall–Kier alpha value is -2.48. The number of hydrogen-bond donors (Lipinski definition) is 2. The van der Waals surface area contributed by atoms with E-state index in [1.54, 1.807) is 0 Å². The molecule has 1 saturated heterocycles. The van der Waals surface area contributed by atoms with Crippen molar-refractivity contribution in [1.82, 2.24) is 10.2 Å². The highest BCUT2D eigenvalue weighted by Crippen LogP contribution is 2.38. The summed E-state index contributed by atoms with van der Waals surface area (Å²) in [5.74, 6) is -0.116. The normalized spacial score (nSPS) is 24.3. The van der Waals surface area contributed by atoms with E-state index in [2.05, 4.69) is 10.6 Å². The van der Waals surface area contributed by atoms with E-state index in [-0.39, 0.29) is 18.4 Å². The van der Waals surface area contributed by atoms with Crippen LogP contribution in [0.5, 0.6) is 11.5 Å². The average molecular weight is 410 g/mol. The van der Waals surface area contributed by atoms with E-state index in [4.69, 9.17) is 21.1 Å². The standard InChI is InChI=1S/C19H24ClN3O5/c1-11-6-4-5-7-19(11)17(25)23(18(26)22-19)10-16(24)21-13-9-14(27-2)12(20)8-15(13)28-3/h8-9,11H,4-7,10H2,1-3H3,(H,21,24)(H,22,26). The van der Waals surface area contributed by atoms with Crippen molar-refractivity contribution in [3.05, 3.63) is 17.2 Å². The van der Waals surface area contributed by atoms with Crippen molar-refractivity contribution in [1.29, 1.82) is 0 Å². The van der Waals surface area contributed by atoms with Crippen molar-refractivity contribution in [3.63, 3.8) is 0 Å². The van der Waals surface area contributed by atoms with E-state index >= 15 is 0 Å². The number of halogens is 1. The van der Waals surface area contributed by atoms with Crippen LogP contribution in [0.3, 0.4) is 0 Å². The third-order valence-electron chi connectivity index (χ3n) is 5.55. The van der Waals surface area contributed by atoms with E-state index in [0.29, 0.717) is 28.6 Å². The van der Waals surface area contributed by atoms with Crippen LogP contribution < -0.4 is 20.1 Å². The molecule has 2 atom stereocenters. The van der Waals surface area contributed by atoms with Gasteiger partial charge in [0.2, 0.25) is 5.91 Å². The van der Waals surface area contributed by atoms with Crippen molar-refractivity contribution < 1.29 is 23.9 Å². The summed E-state index contributed by atoms with van der Waals surface area (Å²) in [6.45, 7) is 1.58. The number of imide groups is 1. The van der Waals surface area contributed by atoms with Gasteiger partial charge < -0.3 is 20.1 Å². The minimum Gasteiger partial charge on any atom is -0.495 e. The molecule has 1 aliphatic carbocycles. The highest BCUT2D eigenvalue weighted by Gasteiger charge is 2.55. The summed E-state index contributed by atoms with van der Waals surface area (Å²) < 4.78 is 10.4. The number of carbonyl (C=O) groups excluding carboxylic acids is 3. The minimum absolute atomic E-state index is 0.0337. The predicted octanol–water partition coefficient (Wildman–Crippen LogP) is 2.80. The number of urea groups is 1. The van der Waals surface area contributed by atoms with Crippen LogP contribution in [-0.2, 0) is 9.59 Å². The van der Waals surface area contributed by atoms with E-state index in [1.165, 1.54) is 26.4 Å². The third-order valence-corrected chi connectivity index (χ3v) is 5.85. The highest BCUT2D eigenvalue weighted by atomic mass is 35.5. The number of hydrogen-bond acceptors (Lipinski definition) is 5. The topological polar surface area (TPSA) is 97.0 Å². The number of carbonyl (C=O) groups is 3. The first-order chi connectivity index (χ1) is 13.3. The Bertz CT molecular complexity index is 815. The van der Waals surface area contributed by atoms with Crippen LogP contribution in [0.1, 0.15) is 32.6 Å². The average Bonchev–Trinajstić information content (AvgIpc) is 2.90. The number of nitrogens with zero attached hydrogens (tertiary/aromatic N) is 1. The summed E-state index contributed by atoms with van der Waals surface area (Å²) in [7, 11) is 2.90. The van der Waals surface area contributed by atoms with Crippen LogP contribution in [0.2, 0.25) is 5.02 Å². The number of anilines is 1. The molecule has 0 bridgehead atoms. The van der Waals surface area contributed by atoms with Crippen molar-refractivity contribution in [2.45, 2.75) is 38.1 Å². The molecule has 2 fully saturated rings. The molecular formula is C19H24ClN3O5. The van der Waals surface area contributed by atoms with Crippen LogP contribution in [0.4, 0.5) is 10.5 Å². The van der Waals surface area contributed by atoms with Crippen LogP contribution in [0.25, 0.3) is 0 Å². The van der Waals surface area contributed by atoms with Crippen molar-refractivity contribution in [2.75, 3.05) is 26.1 Å². The summed E-state index contributed by atoms with van der Waals surface area (Å²) in [6, 6.07) is 2.51. The second kappa shape index (κ2) is 7.87. The maximum absolute atomic E-state index is 13.0. The number of nitrogens with one attached hydrogen (secondary N) is 2. The lowest BCUT2D eigenvalue weighted by Gasteiger charge is -2.36. The van der Waals surface area contributed by atoms with Crippen molar-refractivity contribution >= 4 is 35.1 Å². The highest BCUT2D eigenvalue weighted by molar-refractivity contribution is 6.32. The monoisotopic (exact) mass is 409 g/mol. The number of methoxy groups -OCH3 is 2. The van der Waals surface area contributed by atoms with Gasteiger partial charge >= 0.3 is 6.03 Å². The van der Waals surface area contributed by atoms with Crippen LogP contribution in [0, 0.1) is 5.92 Å². The fourth-order valence-electron chi connectivity index (χ4n) is 3.93. The van der Waals surface area contributed by atoms with Gasteiger partial charge in [0, 0.05) is 12.1 Å². The van der Waals surface area contributed by atoms with E-state index in [0.717, 1.165) is 24.2 Å². The molecule has 2 N–H and O–H groups in total. The Kier molecular flexibility index (Phi) is 5.69. The van der Waals surface area contributed by atoms with Crippen molar-refractivity contribution in [2.24, 2.45) is 5.92 Å². The molecule has 1 saturated carbocycles. The van der Waals surface area contributed by atoms with Gasteiger partial charge in [-0.25, -0.2) is 4.79 Å². The molecule has 3 rings (SSSR count). The maximum Gasteiger partial charge on any atom is 0.325 e. The molecule has 9 heteroatoms. The largest absolute Gasteiger partial charge is 0.495 e. The summed E-state index contributed by atoms with van der Waals surface area (Å²) in [5.41, 5.74) is -0.557. The van der Waals surface area contributed by atoms with Crippen molar-refractivity contribution in [3.8, 4) is 11.5 Å². The molecule has 2 unspecified atom stereocenters. The first-order valence-corrected chi connectivity index (χ1v) is 9.55. The first kappa shape index (κ1) is 20.3. The molecule has 1 aliphatic heterocycles. The molecule has 1 aromatic rings. The second-order valence-corrected chi connectivity index (χ2v) is 7.58. The summed E-state index contributed by atoms with van der Waals surface area (Å²) in [6.07, 6.45) is 3.37. The molecule has 0 radical (unpaired) electrons. The zero-order chi connectivity index (χ0) is 20.5. The number of benzene rings is 1. The molecule has 1 aromatic carbocycles. The molecule has 8 nitrogen and oxygen atoms in total. The SMILES string of the molecule is COc1cc(NC(=O)CN2C(=O)NC3(CCCCC3C)C2=O)c(OC)cc1Cl. The maximum atomic E-state index is 13.0. The van der Waals surface area contributed by atoms with Gasteiger partial charge in [-0.05, 0) is 18.8 Å². The number of rotatable bonds is 5. The van der Waals surface area contributed by atoms with E-state index < -0.39 is 17.5 Å². The Labute approximate surface area is 168 Å². The molecule has 152 valence electrons. The molecule has 1 spiro atoms. The molecule has 2 aliphatic rings. The fourth-order valence-corrected chi connectivity index (χ4v) is 4.16. The Balaban J connectivity index is 1.75. The summed E-state index contributed by atoms with van der Waals surface area (Å²) in [4.78, 5) is 38.9. The van der Waals surface area contributed by atoms with E-state index in [1.807, 2.05) is 6.92 Å². The zero-order valence-corrected chi connectivity index (χ0v) is 16.9. The van der Waals surface area contributed by atoms with Gasteiger partial charge in [0.15, 0.2) is 0 Å². The molecule has 28 heavy (non-hydrogen) atoms. The number of amides is 4. The minimum atomic E-state index is -0.892. The lowest BCUT2D eigenvalue weighted by molar-refractivity contribution is -0.136. The van der Waals surface area contributed by atoms with Gasteiger partial charge in [-0.1, -0.05) is 31.4 Å². The lowest BCUT2D eigenvalue weighted by atomic mass is 9.73. The van der Waals surface area contributed by atoms with Crippen LogP contribution >= 0.6 is 11.6 Å². The first-order valence-electron chi connectivity index (χ1n) is 9.18. The predicted molar refractivity (Wildman–Crippen MR) is 104 cm³/mol. The van der Waals surface area contributed by atoms with Gasteiger partial charge in [0.05, 0.1) is 24.9 Å². The second-order valence-electron chi connectivity index (χ2n) is 7.17. The molecule has 0 aromatic heterocycles. The fraction of sp³-hybridized carbons (Fsp3) is 0.526. The van der Waals surface area contributed by atoms with Gasteiger partial charge in [-0.15, -0.1) is 0 Å². The molecule has 4 amide bonds. The van der Waals surface area contributed by atoms with Gasteiger partial charge in [-0.3, -0.25) is 14.5 Å². The Morgan fingerprint density at radius 2 is 2.00 bits per heavy atom. The van der Waals surface area contributed by atoms with Gasteiger partial charge in [0.1, 0.15) is 23.6 Å². The van der Waals surface area contributed by atoms with E-state index in [9.17, 15) is 14.4 Å².